The number of aromatic nitrogens is 3. The number of nitrogens with zero attached hydrogens (tertiary/aromatic N) is 3. The number of nitrogens with two attached hydrogens (primary N) is 1. The number of ether oxygens (including phenoxy) is 2. The first kappa shape index (κ1) is 33.4. The van der Waals surface area contributed by atoms with E-state index in [1.165, 1.54) is 0 Å². The van der Waals surface area contributed by atoms with Gasteiger partial charge in [-0.25, -0.2) is 14.5 Å². The lowest BCUT2D eigenvalue weighted by molar-refractivity contribution is -0.156. The van der Waals surface area contributed by atoms with Crippen molar-refractivity contribution in [2.75, 3.05) is 18.9 Å². The molecule has 44 heavy (non-hydrogen) atoms. The quantitative estimate of drug-likeness (QED) is 0.123. The number of hydrogen-bond acceptors (Lipinski definition) is 9. The largest absolute Gasteiger partial charge is 0.459 e. The molecule has 4 rings (SSSR count). The lowest BCUT2D eigenvalue weighted by atomic mass is 9.88. The second-order valence-corrected chi connectivity index (χ2v) is 14.0. The van der Waals surface area contributed by atoms with Crippen LogP contribution in [-0.2, 0) is 35.5 Å². The Balaban J connectivity index is 1.80. The lowest BCUT2D eigenvalue weighted by Crippen LogP contribution is -2.43. The van der Waals surface area contributed by atoms with Crippen LogP contribution in [-0.4, -0.2) is 45.4 Å². The first-order valence-corrected chi connectivity index (χ1v) is 16.4. The van der Waals surface area contributed by atoms with Gasteiger partial charge in [0.2, 0.25) is 0 Å². The number of nitrogen functional groups attached to an aromatic ring is 1. The van der Waals surface area contributed by atoms with Gasteiger partial charge in [-0.2, -0.15) is 5.09 Å². The molecule has 3 atom stereocenters. The minimum absolute atomic E-state index is 0.0677. The summed E-state index contributed by atoms with van der Waals surface area (Å²) in [7, 11) is -4.16. The molecule has 12 heteroatoms. The minimum atomic E-state index is -4.16. The van der Waals surface area contributed by atoms with Crippen molar-refractivity contribution in [1.29, 1.82) is 0 Å². The maximum atomic E-state index is 14.4. The van der Waals surface area contributed by atoms with Crippen molar-refractivity contribution in [3.8, 4) is 5.75 Å². The summed E-state index contributed by atoms with van der Waals surface area (Å²) in [6.07, 6.45) is 0. The number of imidazole rings is 1. The molecular weight excluding hydrogens is 581 g/mol. The van der Waals surface area contributed by atoms with Gasteiger partial charge in [-0.3, -0.25) is 9.32 Å². The van der Waals surface area contributed by atoms with Crippen molar-refractivity contribution in [1.82, 2.24) is 19.6 Å². The fraction of sp³-hybridized carbons (Fsp3) is 0.469. The highest BCUT2D eigenvalue weighted by atomic mass is 31.2. The zero-order valence-corrected chi connectivity index (χ0v) is 27.7. The Bertz CT molecular complexity index is 1650. The first-order valence-electron chi connectivity index (χ1n) is 14.8. The molecule has 4 aromatic rings. The molecule has 1 unspecified atom stereocenters. The average Bonchev–Trinajstić information content (AvgIpc) is 3.35. The van der Waals surface area contributed by atoms with Crippen LogP contribution in [0.4, 0.5) is 5.82 Å². The SMILES string of the molecule is CCOCc1nc2c(N)nc3ccccc3c2n1[C@@](C)(COP(=O)(N[C@@H](C)C(=O)OC(C)(C)C)Oc1ccccc1)C(C)C. The molecule has 0 aliphatic carbocycles. The van der Waals surface area contributed by atoms with Crippen molar-refractivity contribution in [3.05, 3.63) is 60.4 Å². The summed E-state index contributed by atoms with van der Waals surface area (Å²) in [5.41, 5.74) is 6.90. The maximum absolute atomic E-state index is 14.4. The minimum Gasteiger partial charge on any atom is -0.459 e. The van der Waals surface area contributed by atoms with Crippen LogP contribution in [0.2, 0.25) is 0 Å². The summed E-state index contributed by atoms with van der Waals surface area (Å²) < 4.78 is 40.1. The Kier molecular flexibility index (Phi) is 10.0. The summed E-state index contributed by atoms with van der Waals surface area (Å²) in [6, 6.07) is 15.4. The van der Waals surface area contributed by atoms with Crippen LogP contribution in [0.25, 0.3) is 21.9 Å². The van der Waals surface area contributed by atoms with Gasteiger partial charge in [-0.1, -0.05) is 50.2 Å². The Labute approximate surface area is 259 Å². The van der Waals surface area contributed by atoms with E-state index in [1.54, 1.807) is 52.0 Å². The van der Waals surface area contributed by atoms with Gasteiger partial charge in [0.25, 0.3) is 0 Å². The highest BCUT2D eigenvalue weighted by Gasteiger charge is 2.41. The monoisotopic (exact) mass is 625 g/mol. The number of pyridine rings is 1. The normalized spacial score (nSPS) is 15.7. The van der Waals surface area contributed by atoms with Crippen molar-refractivity contribution < 1.29 is 27.9 Å². The molecule has 0 aliphatic rings. The van der Waals surface area contributed by atoms with E-state index >= 15 is 0 Å². The average molecular weight is 626 g/mol. The molecule has 2 heterocycles. The van der Waals surface area contributed by atoms with Crippen LogP contribution in [0, 0.1) is 5.92 Å². The zero-order valence-electron chi connectivity index (χ0n) is 26.8. The number of carbonyl (C=O) groups is 1. The molecule has 11 nitrogen and oxygen atoms in total. The fourth-order valence-electron chi connectivity index (χ4n) is 4.78. The number of rotatable bonds is 13. The van der Waals surface area contributed by atoms with Gasteiger partial charge >= 0.3 is 13.7 Å². The summed E-state index contributed by atoms with van der Waals surface area (Å²) in [5, 5.41) is 3.66. The smallest absolute Gasteiger partial charge is 0.459 e. The summed E-state index contributed by atoms with van der Waals surface area (Å²) in [4.78, 5) is 22.3. The maximum Gasteiger partial charge on any atom is 0.459 e. The zero-order chi connectivity index (χ0) is 32.3. The van der Waals surface area contributed by atoms with Crippen LogP contribution in [0.5, 0.6) is 5.75 Å². The molecule has 0 radical (unpaired) electrons. The number of hydrogen-bond donors (Lipinski definition) is 2. The third-order valence-electron chi connectivity index (χ3n) is 7.39. The lowest BCUT2D eigenvalue weighted by Gasteiger charge is -2.38. The van der Waals surface area contributed by atoms with Gasteiger partial charge in [-0.15, -0.1) is 0 Å². The highest BCUT2D eigenvalue weighted by molar-refractivity contribution is 7.52. The van der Waals surface area contributed by atoms with E-state index in [4.69, 9.17) is 29.2 Å². The van der Waals surface area contributed by atoms with Crippen LogP contribution >= 0.6 is 7.75 Å². The number of esters is 1. The molecule has 0 bridgehead atoms. The predicted octanol–water partition coefficient (Wildman–Crippen LogP) is 6.60. The number of nitrogens with one attached hydrogen (secondary N) is 1. The Hall–Kier alpha value is -3.50. The molecule has 2 aromatic carbocycles. The predicted molar refractivity (Wildman–Crippen MR) is 172 cm³/mol. The molecule has 0 saturated carbocycles. The molecule has 0 aliphatic heterocycles. The van der Waals surface area contributed by atoms with E-state index in [0.717, 1.165) is 16.4 Å². The van der Waals surface area contributed by atoms with Gasteiger partial charge < -0.3 is 24.3 Å². The number of benzene rings is 2. The number of anilines is 1. The molecule has 3 N–H and O–H groups in total. The number of fused-ring (bicyclic) bond motifs is 3. The standard InChI is InChI=1S/C32H44N5O6P/c1-9-40-19-26-35-27-28(24-17-13-14-18-25(24)34-29(27)33)37(26)32(8,21(2)3)20-41-44(39,43-23-15-11-10-12-16-23)36-22(4)30(38)42-31(5,6)7/h10-18,21-22H,9,19-20H2,1-8H3,(H2,33,34)(H,36,39)/t22-,32-,44?/m0/s1. The molecular formula is C32H44N5O6P. The molecule has 0 fully saturated rings. The molecule has 0 amide bonds. The summed E-state index contributed by atoms with van der Waals surface area (Å²) >= 11 is 0. The van der Waals surface area contributed by atoms with E-state index in [9.17, 15) is 9.36 Å². The third kappa shape index (κ3) is 7.41. The van der Waals surface area contributed by atoms with Crippen molar-refractivity contribution in [2.24, 2.45) is 5.92 Å². The van der Waals surface area contributed by atoms with E-state index in [-0.39, 0.29) is 19.1 Å². The van der Waals surface area contributed by atoms with Crippen molar-refractivity contribution >= 4 is 41.5 Å². The van der Waals surface area contributed by atoms with Gasteiger partial charge in [0.1, 0.15) is 35.3 Å². The Morgan fingerprint density at radius 1 is 1.02 bits per heavy atom. The molecule has 0 saturated heterocycles. The number of para-hydroxylation sites is 2. The van der Waals surface area contributed by atoms with Gasteiger partial charge in [0.05, 0.1) is 23.2 Å². The second kappa shape index (κ2) is 13.2. The van der Waals surface area contributed by atoms with Crippen LogP contribution < -0.4 is 15.3 Å². The van der Waals surface area contributed by atoms with Gasteiger partial charge in [0, 0.05) is 12.0 Å². The van der Waals surface area contributed by atoms with Crippen LogP contribution in [0.1, 0.15) is 61.2 Å². The van der Waals surface area contributed by atoms with E-state index in [1.807, 2.05) is 58.0 Å². The molecule has 0 spiro atoms. The highest BCUT2D eigenvalue weighted by Crippen LogP contribution is 2.48. The van der Waals surface area contributed by atoms with E-state index in [2.05, 4.69) is 14.6 Å². The van der Waals surface area contributed by atoms with Crippen molar-refractivity contribution in [3.63, 3.8) is 0 Å². The van der Waals surface area contributed by atoms with Crippen LogP contribution in [0.3, 0.4) is 0 Å². The molecule has 238 valence electrons. The van der Waals surface area contributed by atoms with Gasteiger partial charge in [-0.05, 0) is 65.7 Å². The van der Waals surface area contributed by atoms with E-state index in [0.29, 0.717) is 29.5 Å². The fourth-order valence-corrected chi connectivity index (χ4v) is 6.37. The topological polar surface area (TPSA) is 140 Å². The Morgan fingerprint density at radius 3 is 2.32 bits per heavy atom. The second-order valence-electron chi connectivity index (χ2n) is 12.3. The summed E-state index contributed by atoms with van der Waals surface area (Å²) in [5.74, 6) is 0.593. The van der Waals surface area contributed by atoms with Crippen molar-refractivity contribution in [2.45, 2.75) is 79.2 Å². The van der Waals surface area contributed by atoms with E-state index < -0.39 is 30.9 Å². The molecule has 2 aromatic heterocycles. The summed E-state index contributed by atoms with van der Waals surface area (Å²) in [6.45, 7) is 15.5. The van der Waals surface area contributed by atoms with Gasteiger partial charge in [0.15, 0.2) is 5.82 Å². The first-order chi connectivity index (χ1) is 20.7. The Morgan fingerprint density at radius 2 is 1.68 bits per heavy atom. The van der Waals surface area contributed by atoms with Crippen LogP contribution in [0.15, 0.2) is 54.6 Å². The third-order valence-corrected chi connectivity index (χ3v) is 9.01. The number of carbonyl (C=O) groups excluding carboxylic acids is 1.